The number of aryl methyl sites for hydroxylation is 4. The van der Waals surface area contributed by atoms with E-state index in [1.165, 1.54) is 21.9 Å². The highest BCUT2D eigenvalue weighted by Crippen LogP contribution is 2.43. The zero-order valence-electron chi connectivity index (χ0n) is 41.4. The number of rotatable bonds is 11. The van der Waals surface area contributed by atoms with Crippen LogP contribution in [0.2, 0.25) is 0 Å². The molecule has 5 nitrogen and oxygen atoms in total. The number of hydrogen-bond acceptors (Lipinski definition) is 4. The molecule has 0 N–H and O–H groups in total. The molecule has 12 aromatic rings. The number of aromatic nitrogens is 3. The van der Waals surface area contributed by atoms with E-state index in [1.807, 2.05) is 0 Å². The summed E-state index contributed by atoms with van der Waals surface area (Å²) in [6, 6.07) is 89.2. The van der Waals surface area contributed by atoms with E-state index in [0.717, 1.165) is 107 Å². The lowest BCUT2D eigenvalue weighted by Gasteiger charge is -2.26. The molecule has 12 rings (SSSR count). The SMILES string of the molecule is Cc1cccc(-c2cc(-c3c(C)cc(-c4ccc(-n5c6ccc(N(c7ccccc7)c7ccccc7)cc6c6cc(N(c7ccccc7)c7ccccc7)ccc65)cc4)cc3C)nc(-c3cccc(C)c3)n2)c1. The van der Waals surface area contributed by atoms with Gasteiger partial charge in [-0.25, -0.2) is 9.97 Å². The normalized spacial score (nSPS) is 11.3. The molecular weight excluding hydrogens is 887 g/mol. The highest BCUT2D eigenvalue weighted by molar-refractivity contribution is 6.12. The Kier molecular flexibility index (Phi) is 11.7. The van der Waals surface area contributed by atoms with E-state index in [2.05, 4.69) is 291 Å². The van der Waals surface area contributed by atoms with Crippen LogP contribution < -0.4 is 9.80 Å². The number of hydrogen-bond donors (Lipinski definition) is 0. The van der Waals surface area contributed by atoms with Crippen molar-refractivity contribution in [3.05, 3.63) is 271 Å². The van der Waals surface area contributed by atoms with Gasteiger partial charge in [-0.3, -0.25) is 0 Å². The third kappa shape index (κ3) is 8.72. The molecule has 2 heterocycles. The first-order chi connectivity index (χ1) is 35.8. The Morgan fingerprint density at radius 3 is 1.22 bits per heavy atom. The van der Waals surface area contributed by atoms with Gasteiger partial charge in [0.2, 0.25) is 0 Å². The van der Waals surface area contributed by atoms with Gasteiger partial charge in [0.15, 0.2) is 5.82 Å². The van der Waals surface area contributed by atoms with Crippen molar-refractivity contribution in [1.82, 2.24) is 14.5 Å². The van der Waals surface area contributed by atoms with Crippen molar-refractivity contribution < 1.29 is 0 Å². The molecule has 73 heavy (non-hydrogen) atoms. The van der Waals surface area contributed by atoms with Gasteiger partial charge in [0.1, 0.15) is 0 Å². The van der Waals surface area contributed by atoms with E-state index in [0.29, 0.717) is 0 Å². The molecule has 0 amide bonds. The van der Waals surface area contributed by atoms with Crippen LogP contribution in [0.4, 0.5) is 34.1 Å². The van der Waals surface area contributed by atoms with Gasteiger partial charge < -0.3 is 14.4 Å². The lowest BCUT2D eigenvalue weighted by molar-refractivity contribution is 1.17. The number of fused-ring (bicyclic) bond motifs is 3. The van der Waals surface area contributed by atoms with Gasteiger partial charge in [-0.05, 0) is 165 Å². The van der Waals surface area contributed by atoms with E-state index >= 15 is 0 Å². The fraction of sp³-hybridized carbons (Fsp3) is 0.0588. The van der Waals surface area contributed by atoms with E-state index in [9.17, 15) is 0 Å². The van der Waals surface area contributed by atoms with E-state index in [-0.39, 0.29) is 0 Å². The minimum atomic E-state index is 0.725. The summed E-state index contributed by atoms with van der Waals surface area (Å²) in [5.74, 6) is 0.725. The molecule has 350 valence electrons. The molecule has 0 spiro atoms. The molecule has 0 saturated heterocycles. The van der Waals surface area contributed by atoms with Crippen LogP contribution in [0.15, 0.2) is 249 Å². The minimum absolute atomic E-state index is 0.725. The minimum Gasteiger partial charge on any atom is -0.310 e. The average molecular weight is 940 g/mol. The topological polar surface area (TPSA) is 37.2 Å². The maximum absolute atomic E-state index is 5.25. The fourth-order valence-electron chi connectivity index (χ4n) is 10.5. The van der Waals surface area contributed by atoms with Crippen LogP contribution in [0.1, 0.15) is 22.3 Å². The summed E-state index contributed by atoms with van der Waals surface area (Å²) < 4.78 is 2.42. The molecular formula is C68H53N5. The molecule has 0 radical (unpaired) electrons. The quantitative estimate of drug-likeness (QED) is 0.129. The van der Waals surface area contributed by atoms with Crippen LogP contribution in [-0.4, -0.2) is 14.5 Å². The number of para-hydroxylation sites is 4. The summed E-state index contributed by atoms with van der Waals surface area (Å²) in [4.78, 5) is 15.1. The molecule has 0 aliphatic carbocycles. The molecule has 0 bridgehead atoms. The molecule has 0 saturated carbocycles. The predicted octanol–water partition coefficient (Wildman–Crippen LogP) is 18.4. The van der Waals surface area contributed by atoms with Crippen molar-refractivity contribution in [3.63, 3.8) is 0 Å². The first-order valence-electron chi connectivity index (χ1n) is 25.0. The average Bonchev–Trinajstić information content (AvgIpc) is 3.75. The van der Waals surface area contributed by atoms with Gasteiger partial charge >= 0.3 is 0 Å². The third-order valence-electron chi connectivity index (χ3n) is 13.9. The van der Waals surface area contributed by atoms with Crippen LogP contribution in [0.25, 0.3) is 72.5 Å². The first-order valence-corrected chi connectivity index (χ1v) is 25.0. The molecule has 5 heteroatoms. The second kappa shape index (κ2) is 19.1. The van der Waals surface area contributed by atoms with Crippen molar-refractivity contribution in [2.24, 2.45) is 0 Å². The maximum atomic E-state index is 5.25. The zero-order chi connectivity index (χ0) is 49.4. The van der Waals surface area contributed by atoms with Gasteiger partial charge in [0.25, 0.3) is 0 Å². The number of nitrogens with zero attached hydrogens (tertiary/aromatic N) is 5. The maximum Gasteiger partial charge on any atom is 0.160 e. The van der Waals surface area contributed by atoms with Crippen LogP contribution >= 0.6 is 0 Å². The van der Waals surface area contributed by atoms with E-state index in [1.54, 1.807) is 0 Å². The Morgan fingerprint density at radius 1 is 0.315 bits per heavy atom. The van der Waals surface area contributed by atoms with Crippen molar-refractivity contribution in [2.45, 2.75) is 27.7 Å². The lowest BCUT2D eigenvalue weighted by Crippen LogP contribution is -2.09. The highest BCUT2D eigenvalue weighted by Gasteiger charge is 2.21. The van der Waals surface area contributed by atoms with E-state index in [4.69, 9.17) is 9.97 Å². The largest absolute Gasteiger partial charge is 0.310 e. The summed E-state index contributed by atoms with van der Waals surface area (Å²) in [6.07, 6.45) is 0. The van der Waals surface area contributed by atoms with Gasteiger partial charge in [0.05, 0.1) is 22.4 Å². The number of anilines is 6. The van der Waals surface area contributed by atoms with Crippen molar-refractivity contribution in [3.8, 4) is 50.7 Å². The summed E-state index contributed by atoms with van der Waals surface area (Å²) in [7, 11) is 0. The van der Waals surface area contributed by atoms with E-state index < -0.39 is 0 Å². The second-order valence-electron chi connectivity index (χ2n) is 19.0. The predicted molar refractivity (Wildman–Crippen MR) is 306 cm³/mol. The van der Waals surface area contributed by atoms with Crippen LogP contribution in [0, 0.1) is 27.7 Å². The molecule has 0 atom stereocenters. The molecule has 2 aromatic heterocycles. The van der Waals surface area contributed by atoms with Gasteiger partial charge in [-0.2, -0.15) is 0 Å². The second-order valence-corrected chi connectivity index (χ2v) is 19.0. The summed E-state index contributed by atoms with van der Waals surface area (Å²) in [5.41, 5.74) is 22.0. The van der Waals surface area contributed by atoms with Crippen molar-refractivity contribution in [1.29, 1.82) is 0 Å². The molecule has 10 aromatic carbocycles. The molecule has 0 fully saturated rings. The van der Waals surface area contributed by atoms with Gasteiger partial charge in [0, 0.05) is 67.3 Å². The lowest BCUT2D eigenvalue weighted by atomic mass is 9.93. The Morgan fingerprint density at radius 2 is 0.753 bits per heavy atom. The summed E-state index contributed by atoms with van der Waals surface area (Å²) in [5, 5.41) is 2.33. The van der Waals surface area contributed by atoms with Crippen molar-refractivity contribution in [2.75, 3.05) is 9.80 Å². The van der Waals surface area contributed by atoms with Crippen molar-refractivity contribution >= 4 is 55.9 Å². The molecule has 0 aliphatic heterocycles. The summed E-state index contributed by atoms with van der Waals surface area (Å²) in [6.45, 7) is 8.64. The van der Waals surface area contributed by atoms with Gasteiger partial charge in [-0.15, -0.1) is 0 Å². The Hall–Kier alpha value is -9.32. The monoisotopic (exact) mass is 939 g/mol. The zero-order valence-corrected chi connectivity index (χ0v) is 41.4. The fourth-order valence-corrected chi connectivity index (χ4v) is 10.5. The third-order valence-corrected chi connectivity index (χ3v) is 13.9. The molecule has 0 aliphatic rings. The molecule has 0 unspecified atom stereocenters. The van der Waals surface area contributed by atoms with Crippen LogP contribution in [0.5, 0.6) is 0 Å². The Balaban J connectivity index is 0.972. The van der Waals surface area contributed by atoms with Crippen LogP contribution in [-0.2, 0) is 0 Å². The smallest absolute Gasteiger partial charge is 0.160 e. The highest BCUT2D eigenvalue weighted by atomic mass is 15.1. The Labute approximate surface area is 427 Å². The van der Waals surface area contributed by atoms with Gasteiger partial charge in [-0.1, -0.05) is 145 Å². The Bertz CT molecular complexity index is 3630. The van der Waals surface area contributed by atoms with Crippen LogP contribution in [0.3, 0.4) is 0 Å². The first kappa shape index (κ1) is 44.9. The summed E-state index contributed by atoms with van der Waals surface area (Å²) >= 11 is 0. The number of benzene rings is 10. The standard InChI is InChI=1S/C68H53N5/c1-46-19-17-21-51(39-46)63-45-64(70-68(69-63)52-22-18-20-47(2)40-52)67-48(3)41-53(42-49(67)4)50-31-33-58(34-32-50)73-65-37-35-59(71(54-23-9-5-10-24-54)55-25-11-6-12-26-55)43-61(65)62-44-60(36-38-66(62)73)72(56-27-13-7-14-28-56)57-29-15-8-16-30-57/h5-45H,1-4H3.